The van der Waals surface area contributed by atoms with Gasteiger partial charge in [0.25, 0.3) is 0 Å². The van der Waals surface area contributed by atoms with Crippen molar-refractivity contribution in [1.82, 2.24) is 0 Å². The van der Waals surface area contributed by atoms with Gasteiger partial charge in [-0.25, -0.2) is 0 Å². The zero-order valence-electron chi connectivity index (χ0n) is 14.7. The fourth-order valence-electron chi connectivity index (χ4n) is 3.27. The van der Waals surface area contributed by atoms with Crippen LogP contribution in [0.4, 0.5) is 0 Å². The first-order chi connectivity index (χ1) is 9.87. The van der Waals surface area contributed by atoms with E-state index in [9.17, 15) is 5.11 Å². The molecule has 0 radical (unpaired) electrons. The minimum Gasteiger partial charge on any atom is -0.396 e. The van der Waals surface area contributed by atoms with Crippen LogP contribution in [0.3, 0.4) is 0 Å². The number of hydrogen-bond donors (Lipinski definition) is 1. The van der Waals surface area contributed by atoms with E-state index < -0.39 is 0 Å². The molecule has 0 saturated carbocycles. The molecular weight excluding hydrogens is 256 g/mol. The molecule has 0 unspecified atom stereocenters. The SMILES string of the molecule is CC(C)=C[C@H]1CC/C(C)=C/CC/C(C)=C/C[C@]1(C)CCO. The summed E-state index contributed by atoms with van der Waals surface area (Å²) in [5.74, 6) is 0.542. The zero-order chi connectivity index (χ0) is 15.9. The highest BCUT2D eigenvalue weighted by molar-refractivity contribution is 5.11. The van der Waals surface area contributed by atoms with Gasteiger partial charge in [-0.3, -0.25) is 0 Å². The molecule has 0 heterocycles. The van der Waals surface area contributed by atoms with Crippen LogP contribution in [0.15, 0.2) is 34.9 Å². The van der Waals surface area contributed by atoms with Gasteiger partial charge in [0, 0.05) is 6.61 Å². The lowest BCUT2D eigenvalue weighted by molar-refractivity contribution is 0.146. The maximum Gasteiger partial charge on any atom is 0.0436 e. The summed E-state index contributed by atoms with van der Waals surface area (Å²) in [6.45, 7) is 11.5. The van der Waals surface area contributed by atoms with Crippen LogP contribution in [-0.2, 0) is 0 Å². The van der Waals surface area contributed by atoms with E-state index in [2.05, 4.69) is 52.8 Å². The summed E-state index contributed by atoms with van der Waals surface area (Å²) in [7, 11) is 0. The van der Waals surface area contributed by atoms with Crippen molar-refractivity contribution in [3.05, 3.63) is 34.9 Å². The molecule has 1 heteroatoms. The summed E-state index contributed by atoms with van der Waals surface area (Å²) in [6, 6.07) is 0. The summed E-state index contributed by atoms with van der Waals surface area (Å²) in [4.78, 5) is 0. The van der Waals surface area contributed by atoms with Crippen LogP contribution in [0.1, 0.15) is 73.1 Å². The lowest BCUT2D eigenvalue weighted by Gasteiger charge is -2.36. The van der Waals surface area contributed by atoms with Gasteiger partial charge in [-0.15, -0.1) is 0 Å². The summed E-state index contributed by atoms with van der Waals surface area (Å²) in [6.07, 6.45) is 13.9. The van der Waals surface area contributed by atoms with Crippen LogP contribution in [0.5, 0.6) is 0 Å². The van der Waals surface area contributed by atoms with Crippen molar-refractivity contribution >= 4 is 0 Å². The van der Waals surface area contributed by atoms with E-state index in [-0.39, 0.29) is 12.0 Å². The molecule has 2 atom stereocenters. The van der Waals surface area contributed by atoms with Crippen molar-refractivity contribution in [1.29, 1.82) is 0 Å². The molecule has 1 aliphatic rings. The van der Waals surface area contributed by atoms with E-state index in [1.54, 1.807) is 0 Å². The van der Waals surface area contributed by atoms with Crippen molar-refractivity contribution in [2.75, 3.05) is 6.61 Å². The smallest absolute Gasteiger partial charge is 0.0436 e. The second-order valence-electron chi connectivity index (χ2n) is 7.36. The Hall–Kier alpha value is -0.820. The summed E-state index contributed by atoms with van der Waals surface area (Å²) in [5.41, 5.74) is 4.56. The molecule has 0 aromatic carbocycles. The molecule has 21 heavy (non-hydrogen) atoms. The molecular formula is C20H34O. The maximum atomic E-state index is 9.54. The van der Waals surface area contributed by atoms with Crippen LogP contribution in [0, 0.1) is 11.3 Å². The van der Waals surface area contributed by atoms with Crippen molar-refractivity contribution in [3.63, 3.8) is 0 Å². The molecule has 1 rings (SSSR count). The van der Waals surface area contributed by atoms with E-state index >= 15 is 0 Å². The van der Waals surface area contributed by atoms with Gasteiger partial charge in [-0.05, 0) is 77.6 Å². The lowest BCUT2D eigenvalue weighted by Crippen LogP contribution is -2.27. The first-order valence-corrected chi connectivity index (χ1v) is 8.44. The Morgan fingerprint density at radius 3 is 2.52 bits per heavy atom. The van der Waals surface area contributed by atoms with Crippen LogP contribution in [0.2, 0.25) is 0 Å². The average Bonchev–Trinajstić information content (AvgIpc) is 2.42. The van der Waals surface area contributed by atoms with E-state index in [0.717, 1.165) is 19.3 Å². The van der Waals surface area contributed by atoms with Crippen molar-refractivity contribution in [3.8, 4) is 0 Å². The van der Waals surface area contributed by atoms with Gasteiger partial charge in [0.05, 0.1) is 0 Å². The third-order valence-corrected chi connectivity index (χ3v) is 4.91. The lowest BCUT2D eigenvalue weighted by atomic mass is 9.69. The number of aliphatic hydroxyl groups excluding tert-OH is 1. The van der Waals surface area contributed by atoms with E-state index in [0.29, 0.717) is 5.92 Å². The molecule has 0 spiro atoms. The Labute approximate surface area is 131 Å². The molecule has 120 valence electrons. The fourth-order valence-corrected chi connectivity index (χ4v) is 3.27. The number of hydrogen-bond acceptors (Lipinski definition) is 1. The van der Waals surface area contributed by atoms with Crippen LogP contribution >= 0.6 is 0 Å². The summed E-state index contributed by atoms with van der Waals surface area (Å²) < 4.78 is 0. The van der Waals surface area contributed by atoms with Gasteiger partial charge in [-0.1, -0.05) is 41.9 Å². The van der Waals surface area contributed by atoms with Crippen LogP contribution < -0.4 is 0 Å². The maximum absolute atomic E-state index is 9.54. The summed E-state index contributed by atoms with van der Waals surface area (Å²) >= 11 is 0. The van der Waals surface area contributed by atoms with Gasteiger partial charge in [0.2, 0.25) is 0 Å². The standard InChI is InChI=1S/C20H34O/c1-16(2)15-19-10-9-17(3)7-6-8-18(4)11-12-20(19,5)13-14-21/h7,11,15,19,21H,6,8-10,12-14H2,1-5H3/b17-7+,18-11+/t19-,20-/m1/s1. The molecule has 0 bridgehead atoms. The molecule has 0 amide bonds. The molecule has 1 N–H and O–H groups in total. The largest absolute Gasteiger partial charge is 0.396 e. The third kappa shape index (κ3) is 6.22. The molecule has 0 aromatic heterocycles. The normalized spacial score (nSPS) is 33.1. The van der Waals surface area contributed by atoms with Crippen molar-refractivity contribution in [2.24, 2.45) is 11.3 Å². The quantitative estimate of drug-likeness (QED) is 0.650. The third-order valence-electron chi connectivity index (χ3n) is 4.91. The molecule has 1 aliphatic carbocycles. The Kier molecular flexibility index (Phi) is 7.45. The Morgan fingerprint density at radius 1 is 1.24 bits per heavy atom. The molecule has 0 aromatic rings. The average molecular weight is 290 g/mol. The minimum absolute atomic E-state index is 0.165. The minimum atomic E-state index is 0.165. The predicted octanol–water partition coefficient (Wildman–Crippen LogP) is 5.81. The van der Waals surface area contributed by atoms with Gasteiger partial charge in [0.15, 0.2) is 0 Å². The number of aliphatic hydroxyl groups is 1. The zero-order valence-corrected chi connectivity index (χ0v) is 14.7. The Bertz CT molecular complexity index is 410. The van der Waals surface area contributed by atoms with Gasteiger partial charge in [0.1, 0.15) is 0 Å². The number of allylic oxidation sites excluding steroid dienone is 6. The van der Waals surface area contributed by atoms with E-state index in [4.69, 9.17) is 0 Å². The fraction of sp³-hybridized carbons (Fsp3) is 0.700. The first-order valence-electron chi connectivity index (χ1n) is 8.44. The summed E-state index contributed by atoms with van der Waals surface area (Å²) in [5, 5.41) is 9.54. The van der Waals surface area contributed by atoms with Crippen LogP contribution in [0.25, 0.3) is 0 Å². The molecule has 0 aliphatic heterocycles. The predicted molar refractivity (Wildman–Crippen MR) is 93.3 cm³/mol. The molecule has 1 nitrogen and oxygen atoms in total. The monoisotopic (exact) mass is 290 g/mol. The first kappa shape index (κ1) is 18.2. The highest BCUT2D eigenvalue weighted by Gasteiger charge is 2.31. The topological polar surface area (TPSA) is 20.2 Å². The van der Waals surface area contributed by atoms with E-state index in [1.807, 2.05) is 0 Å². The van der Waals surface area contributed by atoms with Crippen LogP contribution in [-0.4, -0.2) is 11.7 Å². The second kappa shape index (κ2) is 8.58. The Morgan fingerprint density at radius 2 is 1.90 bits per heavy atom. The second-order valence-corrected chi connectivity index (χ2v) is 7.36. The van der Waals surface area contributed by atoms with Crippen molar-refractivity contribution < 1.29 is 5.11 Å². The Balaban J connectivity index is 3.10. The van der Waals surface area contributed by atoms with Gasteiger partial charge >= 0.3 is 0 Å². The highest BCUT2D eigenvalue weighted by atomic mass is 16.3. The molecule has 0 saturated heterocycles. The van der Waals surface area contributed by atoms with Crippen molar-refractivity contribution in [2.45, 2.75) is 73.1 Å². The number of rotatable bonds is 3. The van der Waals surface area contributed by atoms with E-state index in [1.165, 1.54) is 36.0 Å². The van der Waals surface area contributed by atoms with Gasteiger partial charge in [-0.2, -0.15) is 0 Å². The molecule has 0 fully saturated rings. The van der Waals surface area contributed by atoms with Gasteiger partial charge < -0.3 is 5.11 Å². The highest BCUT2D eigenvalue weighted by Crippen LogP contribution is 2.41.